The summed E-state index contributed by atoms with van der Waals surface area (Å²) in [5.41, 5.74) is 0.575. The number of hydrogen-bond acceptors (Lipinski definition) is 2. The highest BCUT2D eigenvalue weighted by atomic mass is 79.9. The molecule has 0 bridgehead atoms. The maximum Gasteiger partial charge on any atom is 0.128 e. The fourth-order valence-corrected chi connectivity index (χ4v) is 2.48. The molecule has 0 aliphatic heterocycles. The van der Waals surface area contributed by atoms with E-state index in [0.717, 1.165) is 30.2 Å². The van der Waals surface area contributed by atoms with E-state index in [4.69, 9.17) is 4.74 Å². The van der Waals surface area contributed by atoms with E-state index in [9.17, 15) is 9.50 Å². The fraction of sp³-hybridized carbons (Fsp3) is 0.538. The quantitative estimate of drug-likeness (QED) is 0.927. The molecule has 0 saturated heterocycles. The molecule has 0 amide bonds. The second-order valence-electron chi connectivity index (χ2n) is 4.48. The maximum absolute atomic E-state index is 13.4. The van der Waals surface area contributed by atoms with Crippen LogP contribution in [0.3, 0.4) is 0 Å². The molecule has 1 fully saturated rings. The molecule has 2 rings (SSSR count). The molecule has 1 saturated carbocycles. The van der Waals surface area contributed by atoms with Gasteiger partial charge in [0, 0.05) is 10.0 Å². The minimum atomic E-state index is -0.232. The van der Waals surface area contributed by atoms with Gasteiger partial charge in [-0.3, -0.25) is 0 Å². The molecule has 1 aromatic carbocycles. The van der Waals surface area contributed by atoms with Gasteiger partial charge in [-0.15, -0.1) is 0 Å². The fourth-order valence-electron chi connectivity index (χ4n) is 2.07. The van der Waals surface area contributed by atoms with Crippen molar-refractivity contribution >= 4 is 15.9 Å². The van der Waals surface area contributed by atoms with Crippen LogP contribution in [0, 0.1) is 5.82 Å². The molecule has 1 aliphatic rings. The van der Waals surface area contributed by atoms with E-state index >= 15 is 0 Å². The van der Waals surface area contributed by atoms with E-state index in [1.807, 2.05) is 0 Å². The molecule has 2 nitrogen and oxygen atoms in total. The average Bonchev–Trinajstić information content (AvgIpc) is 2.32. The van der Waals surface area contributed by atoms with Crippen LogP contribution in [0.15, 0.2) is 22.7 Å². The Hall–Kier alpha value is -0.450. The van der Waals surface area contributed by atoms with Crippen LogP contribution >= 0.6 is 15.9 Å². The van der Waals surface area contributed by atoms with Crippen LogP contribution in [0.2, 0.25) is 0 Å². The van der Waals surface area contributed by atoms with Gasteiger partial charge in [-0.05, 0) is 43.9 Å². The van der Waals surface area contributed by atoms with Crippen molar-refractivity contribution in [3.8, 4) is 0 Å². The van der Waals surface area contributed by atoms with E-state index in [2.05, 4.69) is 15.9 Å². The van der Waals surface area contributed by atoms with Crippen molar-refractivity contribution < 1.29 is 14.2 Å². The van der Waals surface area contributed by atoms with Gasteiger partial charge in [0.05, 0.1) is 18.8 Å². The third-order valence-electron chi connectivity index (χ3n) is 3.13. The maximum atomic E-state index is 13.4. The van der Waals surface area contributed by atoms with Gasteiger partial charge < -0.3 is 9.84 Å². The van der Waals surface area contributed by atoms with Gasteiger partial charge in [-0.2, -0.15) is 0 Å². The van der Waals surface area contributed by atoms with Crippen molar-refractivity contribution in [2.24, 2.45) is 0 Å². The summed E-state index contributed by atoms with van der Waals surface area (Å²) >= 11 is 3.31. The number of ether oxygens (including phenoxy) is 1. The van der Waals surface area contributed by atoms with Crippen LogP contribution in [0.4, 0.5) is 4.39 Å². The number of aliphatic hydroxyl groups is 1. The lowest BCUT2D eigenvalue weighted by Gasteiger charge is -2.25. The van der Waals surface area contributed by atoms with Gasteiger partial charge >= 0.3 is 0 Å². The van der Waals surface area contributed by atoms with Crippen molar-refractivity contribution in [2.75, 3.05) is 0 Å². The first-order valence-corrected chi connectivity index (χ1v) is 6.68. The first-order chi connectivity index (χ1) is 8.15. The van der Waals surface area contributed by atoms with E-state index in [1.165, 1.54) is 6.07 Å². The number of halogens is 2. The van der Waals surface area contributed by atoms with Gasteiger partial charge in [-0.1, -0.05) is 15.9 Å². The lowest BCUT2D eigenvalue weighted by atomic mass is 9.95. The summed E-state index contributed by atoms with van der Waals surface area (Å²) in [5, 5.41) is 9.37. The van der Waals surface area contributed by atoms with Crippen LogP contribution in [0.5, 0.6) is 0 Å². The van der Waals surface area contributed by atoms with Crippen molar-refractivity contribution in [1.82, 2.24) is 0 Å². The Bertz CT molecular complexity index is 376. The highest BCUT2D eigenvalue weighted by molar-refractivity contribution is 9.10. The summed E-state index contributed by atoms with van der Waals surface area (Å²) in [7, 11) is 0. The standard InChI is InChI=1S/C13H16BrFO2/c14-10-1-6-13(15)9(7-10)8-17-12-4-2-11(16)3-5-12/h1,6-7,11-12,16H,2-5,8H2. The summed E-state index contributed by atoms with van der Waals surface area (Å²) in [6, 6.07) is 4.86. The Labute approximate surface area is 109 Å². The summed E-state index contributed by atoms with van der Waals surface area (Å²) in [6.07, 6.45) is 3.25. The normalized spacial score (nSPS) is 24.9. The summed E-state index contributed by atoms with van der Waals surface area (Å²) in [4.78, 5) is 0. The van der Waals surface area contributed by atoms with Crippen LogP contribution in [-0.2, 0) is 11.3 Å². The van der Waals surface area contributed by atoms with E-state index < -0.39 is 0 Å². The van der Waals surface area contributed by atoms with Gasteiger partial charge in [0.25, 0.3) is 0 Å². The van der Waals surface area contributed by atoms with Gasteiger partial charge in [0.1, 0.15) is 5.82 Å². The number of rotatable bonds is 3. The molecule has 0 aromatic heterocycles. The Morgan fingerprint density at radius 3 is 2.71 bits per heavy atom. The van der Waals surface area contributed by atoms with Crippen molar-refractivity contribution in [2.45, 2.75) is 44.5 Å². The Morgan fingerprint density at radius 2 is 2.00 bits per heavy atom. The molecule has 0 unspecified atom stereocenters. The Kier molecular flexibility index (Phi) is 4.54. The van der Waals surface area contributed by atoms with Gasteiger partial charge in [-0.25, -0.2) is 4.39 Å². The second-order valence-corrected chi connectivity index (χ2v) is 5.39. The summed E-state index contributed by atoms with van der Waals surface area (Å²) in [5.74, 6) is -0.232. The molecular formula is C13H16BrFO2. The van der Waals surface area contributed by atoms with Crippen LogP contribution in [0.25, 0.3) is 0 Å². The van der Waals surface area contributed by atoms with Crippen LogP contribution < -0.4 is 0 Å². The predicted octanol–water partition coefficient (Wildman–Crippen LogP) is 3.41. The first-order valence-electron chi connectivity index (χ1n) is 5.89. The number of hydrogen-bond donors (Lipinski definition) is 1. The average molecular weight is 303 g/mol. The smallest absolute Gasteiger partial charge is 0.128 e. The van der Waals surface area contributed by atoms with E-state index in [0.29, 0.717) is 12.2 Å². The molecular weight excluding hydrogens is 287 g/mol. The second kappa shape index (κ2) is 5.94. The minimum absolute atomic E-state index is 0.150. The third kappa shape index (κ3) is 3.76. The monoisotopic (exact) mass is 302 g/mol. The van der Waals surface area contributed by atoms with Crippen molar-refractivity contribution in [1.29, 1.82) is 0 Å². The zero-order chi connectivity index (χ0) is 12.3. The molecule has 1 aliphatic carbocycles. The molecule has 4 heteroatoms. The molecule has 1 aromatic rings. The van der Waals surface area contributed by atoms with Gasteiger partial charge in [0.15, 0.2) is 0 Å². The minimum Gasteiger partial charge on any atom is -0.393 e. The molecule has 0 spiro atoms. The molecule has 0 atom stereocenters. The molecule has 0 radical (unpaired) electrons. The van der Waals surface area contributed by atoms with Crippen molar-refractivity contribution in [3.63, 3.8) is 0 Å². The molecule has 0 heterocycles. The third-order valence-corrected chi connectivity index (χ3v) is 3.62. The van der Waals surface area contributed by atoms with Gasteiger partial charge in [0.2, 0.25) is 0 Å². The summed E-state index contributed by atoms with van der Waals surface area (Å²) in [6.45, 7) is 0.298. The number of benzene rings is 1. The number of aliphatic hydroxyl groups excluding tert-OH is 1. The van der Waals surface area contributed by atoms with Crippen LogP contribution in [-0.4, -0.2) is 17.3 Å². The SMILES string of the molecule is OC1CCC(OCc2cc(Br)ccc2F)CC1. The summed E-state index contributed by atoms with van der Waals surface area (Å²) < 4.78 is 20.0. The lowest BCUT2D eigenvalue weighted by Crippen LogP contribution is -2.24. The van der Waals surface area contributed by atoms with E-state index in [1.54, 1.807) is 12.1 Å². The topological polar surface area (TPSA) is 29.5 Å². The molecule has 17 heavy (non-hydrogen) atoms. The Morgan fingerprint density at radius 1 is 1.29 bits per heavy atom. The van der Waals surface area contributed by atoms with Crippen LogP contribution in [0.1, 0.15) is 31.2 Å². The Balaban J connectivity index is 1.87. The highest BCUT2D eigenvalue weighted by Gasteiger charge is 2.20. The van der Waals surface area contributed by atoms with E-state index in [-0.39, 0.29) is 18.0 Å². The first kappa shape index (κ1) is 13.0. The zero-order valence-electron chi connectivity index (χ0n) is 9.53. The molecule has 1 N–H and O–H groups in total. The van der Waals surface area contributed by atoms with Crippen molar-refractivity contribution in [3.05, 3.63) is 34.1 Å². The zero-order valence-corrected chi connectivity index (χ0v) is 11.1. The largest absolute Gasteiger partial charge is 0.393 e. The molecule has 94 valence electrons. The predicted molar refractivity (Wildman–Crippen MR) is 67.2 cm³/mol. The highest BCUT2D eigenvalue weighted by Crippen LogP contribution is 2.23. The lowest BCUT2D eigenvalue weighted by molar-refractivity contribution is -0.0127.